The molecular weight excluding hydrogens is 248 g/mol. The van der Waals surface area contributed by atoms with Crippen molar-refractivity contribution < 1.29 is 10.2 Å². The number of aliphatic hydroxyl groups is 2. The highest BCUT2D eigenvalue weighted by Gasteiger charge is 2.50. The Bertz CT molecular complexity index is 478. The largest absolute Gasteiger partial charge is 0.396 e. The molecular formula is C18H20O2. The van der Waals surface area contributed by atoms with Gasteiger partial charge in [0.25, 0.3) is 0 Å². The van der Waals surface area contributed by atoms with Crippen molar-refractivity contribution in [3.63, 3.8) is 0 Å². The molecule has 1 aliphatic carbocycles. The van der Waals surface area contributed by atoms with E-state index in [0.29, 0.717) is 0 Å². The number of hydrogen-bond donors (Lipinski definition) is 2. The topological polar surface area (TPSA) is 40.5 Å². The Morgan fingerprint density at radius 2 is 0.950 bits per heavy atom. The molecule has 3 rings (SSSR count). The first-order chi connectivity index (χ1) is 9.86. The van der Waals surface area contributed by atoms with Gasteiger partial charge < -0.3 is 10.2 Å². The first-order valence-electron chi connectivity index (χ1n) is 7.18. The van der Waals surface area contributed by atoms with Gasteiger partial charge in [-0.15, -0.1) is 0 Å². The predicted octanol–water partition coefficient (Wildman–Crippen LogP) is 2.78. The van der Waals surface area contributed by atoms with Crippen molar-refractivity contribution in [3.8, 4) is 0 Å². The van der Waals surface area contributed by atoms with Crippen molar-refractivity contribution in [1.82, 2.24) is 0 Å². The molecule has 0 amide bonds. The van der Waals surface area contributed by atoms with Crippen molar-refractivity contribution in [2.45, 2.75) is 11.8 Å². The van der Waals surface area contributed by atoms with E-state index in [-0.39, 0.29) is 36.9 Å². The van der Waals surface area contributed by atoms with Crippen LogP contribution in [0.4, 0.5) is 0 Å². The SMILES string of the molecule is OC[C@H]1C(c2ccccc2)[C@H](CO)C1c1ccccc1. The monoisotopic (exact) mass is 268 g/mol. The van der Waals surface area contributed by atoms with Crippen LogP contribution in [-0.2, 0) is 0 Å². The van der Waals surface area contributed by atoms with Crippen LogP contribution >= 0.6 is 0 Å². The standard InChI is InChI=1S/C18H20O2/c19-11-15-17(13-7-3-1-4-8-13)16(12-20)18(15)14-9-5-2-6-10-14/h1-10,15-20H,11-12H2/t15-,16-,17?,18?. The lowest BCUT2D eigenvalue weighted by Crippen LogP contribution is -2.46. The molecule has 0 bridgehead atoms. The molecule has 2 aromatic carbocycles. The van der Waals surface area contributed by atoms with Gasteiger partial charge in [0.1, 0.15) is 0 Å². The Hall–Kier alpha value is -1.64. The highest BCUT2D eigenvalue weighted by Crippen LogP contribution is 2.56. The summed E-state index contributed by atoms with van der Waals surface area (Å²) in [5.41, 5.74) is 2.44. The molecule has 2 heteroatoms. The molecule has 0 aromatic heterocycles. The van der Waals surface area contributed by atoms with Gasteiger partial charge in [-0.3, -0.25) is 0 Å². The summed E-state index contributed by atoms with van der Waals surface area (Å²) in [5, 5.41) is 19.6. The van der Waals surface area contributed by atoms with Crippen LogP contribution in [0.15, 0.2) is 60.7 Å². The summed E-state index contributed by atoms with van der Waals surface area (Å²) in [6.45, 7) is 0.325. The fourth-order valence-electron chi connectivity index (χ4n) is 3.73. The maximum Gasteiger partial charge on any atom is 0.0471 e. The van der Waals surface area contributed by atoms with Gasteiger partial charge in [-0.25, -0.2) is 0 Å². The van der Waals surface area contributed by atoms with Gasteiger partial charge in [0, 0.05) is 13.2 Å². The van der Waals surface area contributed by atoms with E-state index in [2.05, 4.69) is 24.3 Å². The maximum atomic E-state index is 9.78. The lowest BCUT2D eigenvalue weighted by molar-refractivity contribution is 0.00523. The lowest BCUT2D eigenvalue weighted by atomic mass is 9.53. The number of aliphatic hydroxyl groups excluding tert-OH is 2. The van der Waals surface area contributed by atoms with Crippen molar-refractivity contribution >= 4 is 0 Å². The third kappa shape index (κ3) is 2.15. The van der Waals surface area contributed by atoms with Gasteiger partial charge in [-0.2, -0.15) is 0 Å². The summed E-state index contributed by atoms with van der Waals surface area (Å²) in [4.78, 5) is 0. The number of rotatable bonds is 4. The van der Waals surface area contributed by atoms with E-state index in [9.17, 15) is 10.2 Å². The van der Waals surface area contributed by atoms with Crippen molar-refractivity contribution in [3.05, 3.63) is 71.8 Å². The van der Waals surface area contributed by atoms with Crippen LogP contribution in [0.3, 0.4) is 0 Å². The van der Waals surface area contributed by atoms with Gasteiger partial charge in [-0.05, 0) is 34.8 Å². The molecule has 0 spiro atoms. The predicted molar refractivity (Wildman–Crippen MR) is 79.5 cm³/mol. The van der Waals surface area contributed by atoms with E-state index >= 15 is 0 Å². The highest BCUT2D eigenvalue weighted by molar-refractivity contribution is 5.33. The van der Waals surface area contributed by atoms with Crippen LogP contribution in [-0.4, -0.2) is 23.4 Å². The zero-order valence-corrected chi connectivity index (χ0v) is 11.4. The first-order valence-corrected chi connectivity index (χ1v) is 7.18. The van der Waals surface area contributed by atoms with Crippen LogP contribution in [0.5, 0.6) is 0 Å². The summed E-state index contributed by atoms with van der Waals surface area (Å²) in [5.74, 6) is 0.877. The third-order valence-corrected chi connectivity index (χ3v) is 4.64. The van der Waals surface area contributed by atoms with E-state index in [1.807, 2.05) is 36.4 Å². The van der Waals surface area contributed by atoms with Gasteiger partial charge in [0.2, 0.25) is 0 Å². The number of benzene rings is 2. The van der Waals surface area contributed by atoms with Crippen molar-refractivity contribution in [2.24, 2.45) is 11.8 Å². The van der Waals surface area contributed by atoms with E-state index in [1.165, 1.54) is 11.1 Å². The summed E-state index contributed by atoms with van der Waals surface area (Å²) in [7, 11) is 0. The van der Waals surface area contributed by atoms with Crippen molar-refractivity contribution in [2.75, 3.05) is 13.2 Å². The van der Waals surface area contributed by atoms with E-state index in [4.69, 9.17) is 0 Å². The molecule has 1 saturated carbocycles. The van der Waals surface area contributed by atoms with Crippen LogP contribution < -0.4 is 0 Å². The summed E-state index contributed by atoms with van der Waals surface area (Å²) >= 11 is 0. The average Bonchev–Trinajstić information content (AvgIpc) is 2.49. The van der Waals surface area contributed by atoms with E-state index < -0.39 is 0 Å². The molecule has 0 heterocycles. The summed E-state index contributed by atoms with van der Waals surface area (Å²) in [6, 6.07) is 20.5. The van der Waals surface area contributed by atoms with Crippen molar-refractivity contribution in [1.29, 1.82) is 0 Å². The van der Waals surface area contributed by atoms with Gasteiger partial charge in [0.05, 0.1) is 0 Å². The Morgan fingerprint density at radius 3 is 1.25 bits per heavy atom. The number of hydrogen-bond acceptors (Lipinski definition) is 2. The molecule has 2 N–H and O–H groups in total. The van der Waals surface area contributed by atoms with Crippen LogP contribution in [0.2, 0.25) is 0 Å². The Balaban J connectivity index is 1.91. The fraction of sp³-hybridized carbons (Fsp3) is 0.333. The lowest BCUT2D eigenvalue weighted by Gasteiger charge is -2.51. The minimum absolute atomic E-state index is 0.162. The summed E-state index contributed by atoms with van der Waals surface area (Å²) < 4.78 is 0. The summed E-state index contributed by atoms with van der Waals surface area (Å²) in [6.07, 6.45) is 0. The molecule has 0 unspecified atom stereocenters. The first kappa shape index (κ1) is 13.3. The van der Waals surface area contributed by atoms with E-state index in [0.717, 1.165) is 0 Å². The average molecular weight is 268 g/mol. The maximum absolute atomic E-state index is 9.78. The second kappa shape index (κ2) is 5.78. The highest BCUT2D eigenvalue weighted by atomic mass is 16.3. The second-order valence-electron chi connectivity index (χ2n) is 5.57. The molecule has 0 aliphatic heterocycles. The molecule has 0 atom stereocenters. The van der Waals surface area contributed by atoms with Crippen LogP contribution in [0, 0.1) is 11.8 Å². The molecule has 2 nitrogen and oxygen atoms in total. The molecule has 20 heavy (non-hydrogen) atoms. The molecule has 1 aliphatic rings. The van der Waals surface area contributed by atoms with Gasteiger partial charge >= 0.3 is 0 Å². The molecule has 104 valence electrons. The zero-order valence-electron chi connectivity index (χ0n) is 11.4. The smallest absolute Gasteiger partial charge is 0.0471 e. The Labute approximate surface area is 119 Å². The quantitative estimate of drug-likeness (QED) is 0.895. The third-order valence-electron chi connectivity index (χ3n) is 4.64. The van der Waals surface area contributed by atoms with E-state index in [1.54, 1.807) is 0 Å². The Morgan fingerprint density at radius 1 is 0.600 bits per heavy atom. The molecule has 2 aromatic rings. The Kier molecular flexibility index (Phi) is 3.86. The normalized spacial score (nSPS) is 28.9. The fourth-order valence-corrected chi connectivity index (χ4v) is 3.73. The second-order valence-corrected chi connectivity index (χ2v) is 5.57. The van der Waals surface area contributed by atoms with Gasteiger partial charge in [-0.1, -0.05) is 60.7 Å². The van der Waals surface area contributed by atoms with Crippen LogP contribution in [0.25, 0.3) is 0 Å². The minimum atomic E-state index is 0.162. The van der Waals surface area contributed by atoms with Gasteiger partial charge in [0.15, 0.2) is 0 Å². The van der Waals surface area contributed by atoms with Crippen LogP contribution in [0.1, 0.15) is 23.0 Å². The molecule has 0 saturated heterocycles. The molecule has 0 radical (unpaired) electrons. The zero-order chi connectivity index (χ0) is 13.9. The minimum Gasteiger partial charge on any atom is -0.396 e. The molecule has 1 fully saturated rings.